The second-order valence-electron chi connectivity index (χ2n) is 5.98. The highest BCUT2D eigenvalue weighted by Gasteiger charge is 2.20. The number of pyridine rings is 1. The molecule has 0 saturated carbocycles. The van der Waals surface area contributed by atoms with Crippen LogP contribution in [0.2, 0.25) is 0 Å². The van der Waals surface area contributed by atoms with Gasteiger partial charge in [0.15, 0.2) is 5.69 Å². The van der Waals surface area contributed by atoms with Crippen LogP contribution in [-0.4, -0.2) is 47.3 Å². The molecule has 1 amide bonds. The molecule has 0 aliphatic carbocycles. The number of carbonyl (C=O) groups excluding carboxylic acids is 1. The fourth-order valence-electron chi connectivity index (χ4n) is 2.77. The van der Waals surface area contributed by atoms with Crippen LogP contribution in [0.15, 0.2) is 30.5 Å². The van der Waals surface area contributed by atoms with Crippen molar-refractivity contribution < 1.29 is 4.79 Å². The average Bonchev–Trinajstić information content (AvgIpc) is 2.63. The number of rotatable bonds is 4. The zero-order chi connectivity index (χ0) is 16.9. The maximum atomic E-state index is 11.5. The van der Waals surface area contributed by atoms with E-state index in [9.17, 15) is 4.79 Å². The number of amides is 1. The van der Waals surface area contributed by atoms with Crippen LogP contribution in [0, 0.1) is 6.92 Å². The summed E-state index contributed by atoms with van der Waals surface area (Å²) in [6, 6.07) is 8.00. The quantitative estimate of drug-likeness (QED) is 0.888. The van der Waals surface area contributed by atoms with Gasteiger partial charge < -0.3 is 15.5 Å². The summed E-state index contributed by atoms with van der Waals surface area (Å²) in [5.41, 5.74) is 1.50. The van der Waals surface area contributed by atoms with E-state index in [1.54, 1.807) is 19.2 Å². The number of nitrogens with one attached hydrogen (secondary N) is 2. The van der Waals surface area contributed by atoms with Gasteiger partial charge >= 0.3 is 0 Å². The third-order valence-corrected chi connectivity index (χ3v) is 4.19. The Balaban J connectivity index is 1.53. The normalized spacial score (nSPS) is 15.2. The monoisotopic (exact) mass is 326 g/mol. The molecule has 1 saturated heterocycles. The van der Waals surface area contributed by atoms with Gasteiger partial charge in [0.05, 0.1) is 0 Å². The Bertz CT molecular complexity index is 677. The number of piperidine rings is 1. The fraction of sp³-hybridized carbons (Fsp3) is 0.412. The smallest absolute Gasteiger partial charge is 0.271 e. The number of aryl methyl sites for hydroxylation is 1. The molecule has 126 valence electrons. The molecule has 3 rings (SSSR count). The van der Waals surface area contributed by atoms with Crippen molar-refractivity contribution in [2.24, 2.45) is 0 Å². The second-order valence-corrected chi connectivity index (χ2v) is 5.98. The predicted octanol–water partition coefficient (Wildman–Crippen LogP) is 1.62. The summed E-state index contributed by atoms with van der Waals surface area (Å²) < 4.78 is 0. The Kier molecular flexibility index (Phi) is 4.88. The van der Waals surface area contributed by atoms with Gasteiger partial charge in [-0.3, -0.25) is 4.79 Å². The average molecular weight is 326 g/mol. The van der Waals surface area contributed by atoms with Crippen LogP contribution in [0.25, 0.3) is 0 Å². The molecule has 0 radical (unpaired) electrons. The van der Waals surface area contributed by atoms with Gasteiger partial charge in [-0.25, -0.2) is 4.98 Å². The number of hydrogen-bond acceptors (Lipinski definition) is 6. The minimum atomic E-state index is -0.229. The lowest BCUT2D eigenvalue weighted by Gasteiger charge is -2.33. The summed E-state index contributed by atoms with van der Waals surface area (Å²) in [5.74, 6) is 1.51. The maximum absolute atomic E-state index is 11.5. The van der Waals surface area contributed by atoms with Crippen molar-refractivity contribution in [2.45, 2.75) is 25.8 Å². The van der Waals surface area contributed by atoms with Gasteiger partial charge in [0.2, 0.25) is 0 Å². The van der Waals surface area contributed by atoms with E-state index >= 15 is 0 Å². The first-order chi connectivity index (χ1) is 11.7. The highest BCUT2D eigenvalue weighted by molar-refractivity contribution is 5.91. The third kappa shape index (κ3) is 3.79. The molecule has 1 aliphatic rings. The van der Waals surface area contributed by atoms with E-state index in [-0.39, 0.29) is 5.91 Å². The van der Waals surface area contributed by atoms with Crippen molar-refractivity contribution in [1.29, 1.82) is 0 Å². The first-order valence-electron chi connectivity index (χ1n) is 8.15. The van der Waals surface area contributed by atoms with Crippen molar-refractivity contribution in [2.75, 3.05) is 30.4 Å². The fourth-order valence-corrected chi connectivity index (χ4v) is 2.77. The Morgan fingerprint density at radius 1 is 1.17 bits per heavy atom. The molecule has 1 aliphatic heterocycles. The topological polar surface area (TPSA) is 83.0 Å². The van der Waals surface area contributed by atoms with E-state index in [4.69, 9.17) is 0 Å². The Morgan fingerprint density at radius 2 is 1.96 bits per heavy atom. The number of carbonyl (C=O) groups is 1. The zero-order valence-electron chi connectivity index (χ0n) is 14.0. The van der Waals surface area contributed by atoms with E-state index in [1.165, 1.54) is 5.56 Å². The SMILES string of the molecule is CNC(=O)c1ccc(NC2CCN(c3ccc(C)cn3)CC2)nn1. The molecule has 2 aromatic heterocycles. The van der Waals surface area contributed by atoms with Crippen molar-refractivity contribution in [1.82, 2.24) is 20.5 Å². The van der Waals surface area contributed by atoms with E-state index in [1.807, 2.05) is 13.1 Å². The van der Waals surface area contributed by atoms with Crippen LogP contribution < -0.4 is 15.5 Å². The number of hydrogen-bond donors (Lipinski definition) is 2. The summed E-state index contributed by atoms with van der Waals surface area (Å²) in [4.78, 5) is 18.3. The van der Waals surface area contributed by atoms with Crippen molar-refractivity contribution >= 4 is 17.5 Å². The van der Waals surface area contributed by atoms with Gasteiger partial charge in [-0.2, -0.15) is 0 Å². The molecule has 7 heteroatoms. The van der Waals surface area contributed by atoms with Crippen molar-refractivity contribution in [3.63, 3.8) is 0 Å². The number of anilines is 2. The Hall–Kier alpha value is -2.70. The summed E-state index contributed by atoms with van der Waals surface area (Å²) in [5, 5.41) is 13.9. The molecule has 1 fully saturated rings. The lowest BCUT2D eigenvalue weighted by atomic mass is 10.0. The first kappa shape index (κ1) is 16.2. The van der Waals surface area contributed by atoms with Crippen LogP contribution in [-0.2, 0) is 0 Å². The zero-order valence-corrected chi connectivity index (χ0v) is 14.0. The molecule has 0 bridgehead atoms. The third-order valence-electron chi connectivity index (χ3n) is 4.19. The molecule has 3 heterocycles. The Labute approximate surface area is 141 Å². The molecular formula is C17H22N6O. The van der Waals surface area contributed by atoms with Gasteiger partial charge in [0.25, 0.3) is 5.91 Å². The van der Waals surface area contributed by atoms with E-state index in [0.717, 1.165) is 31.7 Å². The molecule has 7 nitrogen and oxygen atoms in total. The second kappa shape index (κ2) is 7.25. The summed E-state index contributed by atoms with van der Waals surface area (Å²) in [7, 11) is 1.58. The maximum Gasteiger partial charge on any atom is 0.271 e. The molecule has 0 aromatic carbocycles. The van der Waals surface area contributed by atoms with Gasteiger partial charge in [-0.15, -0.1) is 10.2 Å². The minimum Gasteiger partial charge on any atom is -0.366 e. The summed E-state index contributed by atoms with van der Waals surface area (Å²) in [6.07, 6.45) is 3.92. The minimum absolute atomic E-state index is 0.229. The number of aromatic nitrogens is 3. The van der Waals surface area contributed by atoms with Gasteiger partial charge in [-0.05, 0) is 43.5 Å². The first-order valence-corrected chi connectivity index (χ1v) is 8.15. The highest BCUT2D eigenvalue weighted by atomic mass is 16.1. The summed E-state index contributed by atoms with van der Waals surface area (Å²) >= 11 is 0. The van der Waals surface area contributed by atoms with Crippen LogP contribution in [0.3, 0.4) is 0 Å². The lowest BCUT2D eigenvalue weighted by molar-refractivity contribution is 0.0957. The molecule has 2 aromatic rings. The standard InChI is InChI=1S/C17H22N6O/c1-12-3-6-16(19-11-12)23-9-7-13(8-10-23)20-15-5-4-14(21-22-15)17(24)18-2/h3-6,11,13H,7-10H2,1-2H3,(H,18,24)(H,20,22). The number of nitrogens with zero attached hydrogens (tertiary/aromatic N) is 4. The van der Waals surface area contributed by atoms with Gasteiger partial charge in [0.1, 0.15) is 11.6 Å². The molecule has 0 spiro atoms. The van der Waals surface area contributed by atoms with Gasteiger partial charge in [-0.1, -0.05) is 6.07 Å². The molecule has 0 unspecified atom stereocenters. The summed E-state index contributed by atoms with van der Waals surface area (Å²) in [6.45, 7) is 3.96. The van der Waals surface area contributed by atoms with Crippen molar-refractivity contribution in [3.05, 3.63) is 41.7 Å². The molecule has 24 heavy (non-hydrogen) atoms. The lowest BCUT2D eigenvalue weighted by Crippen LogP contribution is -2.39. The van der Waals surface area contributed by atoms with Crippen LogP contribution in [0.1, 0.15) is 28.9 Å². The van der Waals surface area contributed by atoms with E-state index in [0.29, 0.717) is 17.6 Å². The van der Waals surface area contributed by atoms with Crippen LogP contribution in [0.5, 0.6) is 0 Å². The molecular weight excluding hydrogens is 304 g/mol. The molecule has 2 N–H and O–H groups in total. The molecule has 0 atom stereocenters. The largest absolute Gasteiger partial charge is 0.366 e. The van der Waals surface area contributed by atoms with E-state index < -0.39 is 0 Å². The van der Waals surface area contributed by atoms with Gasteiger partial charge in [0, 0.05) is 32.4 Å². The highest BCUT2D eigenvalue weighted by Crippen LogP contribution is 2.20. The van der Waals surface area contributed by atoms with Crippen LogP contribution >= 0.6 is 0 Å². The predicted molar refractivity (Wildman–Crippen MR) is 93.3 cm³/mol. The van der Waals surface area contributed by atoms with E-state index in [2.05, 4.69) is 42.8 Å². The Morgan fingerprint density at radius 3 is 2.54 bits per heavy atom. The van der Waals surface area contributed by atoms with Crippen LogP contribution in [0.4, 0.5) is 11.6 Å². The van der Waals surface area contributed by atoms with Crippen molar-refractivity contribution in [3.8, 4) is 0 Å².